The zero-order valence-corrected chi connectivity index (χ0v) is 12.1. The Hall–Kier alpha value is -2.73. The van der Waals surface area contributed by atoms with Crippen LogP contribution < -0.4 is 4.74 Å². The number of aromatic nitrogens is 3. The zero-order chi connectivity index (χ0) is 15.5. The monoisotopic (exact) mass is 297 g/mol. The maximum absolute atomic E-state index is 12.5. The molecule has 6 heteroatoms. The molecule has 0 aliphatic carbocycles. The van der Waals surface area contributed by atoms with E-state index >= 15 is 0 Å². The molecule has 0 aliphatic heterocycles. The van der Waals surface area contributed by atoms with Crippen molar-refractivity contribution < 1.29 is 14.6 Å². The summed E-state index contributed by atoms with van der Waals surface area (Å²) in [5, 5.41) is 13.3. The molecule has 1 N–H and O–H groups in total. The van der Waals surface area contributed by atoms with Crippen LogP contribution in [0.25, 0.3) is 5.65 Å². The molecule has 2 aromatic heterocycles. The Labute approximate surface area is 127 Å². The number of aliphatic hydroxyl groups is 1. The van der Waals surface area contributed by atoms with E-state index in [1.54, 1.807) is 48.3 Å². The van der Waals surface area contributed by atoms with Gasteiger partial charge in [-0.3, -0.25) is 4.79 Å². The molecule has 1 aromatic carbocycles. The fourth-order valence-corrected chi connectivity index (χ4v) is 2.33. The van der Waals surface area contributed by atoms with Gasteiger partial charge in [-0.25, -0.2) is 9.50 Å². The number of Topliss-reactive ketones (excluding diaryl/α,β-unsaturated/α-hetero) is 1. The summed E-state index contributed by atoms with van der Waals surface area (Å²) < 4.78 is 6.86. The molecule has 22 heavy (non-hydrogen) atoms. The van der Waals surface area contributed by atoms with Crippen molar-refractivity contribution in [2.75, 3.05) is 7.11 Å². The van der Waals surface area contributed by atoms with Crippen LogP contribution >= 0.6 is 0 Å². The minimum Gasteiger partial charge on any atom is -0.496 e. The summed E-state index contributed by atoms with van der Waals surface area (Å²) in [7, 11) is 1.54. The Kier molecular flexibility index (Phi) is 3.84. The molecule has 0 saturated carbocycles. The normalized spacial score (nSPS) is 10.8. The number of ether oxygens (including phenoxy) is 1. The van der Waals surface area contributed by atoms with Crippen molar-refractivity contribution in [3.8, 4) is 5.75 Å². The Morgan fingerprint density at radius 2 is 2.27 bits per heavy atom. The predicted octanol–water partition coefficient (Wildman–Crippen LogP) is 1.66. The molecule has 2 heterocycles. The molecule has 3 aromatic rings. The quantitative estimate of drug-likeness (QED) is 0.725. The minimum absolute atomic E-state index is 0.0669. The van der Waals surface area contributed by atoms with Crippen LogP contribution in [0.4, 0.5) is 0 Å². The highest BCUT2D eigenvalue weighted by molar-refractivity contribution is 6.02. The van der Waals surface area contributed by atoms with Crippen molar-refractivity contribution >= 4 is 11.4 Å². The van der Waals surface area contributed by atoms with E-state index in [1.807, 2.05) is 0 Å². The summed E-state index contributed by atoms with van der Waals surface area (Å²) in [6.07, 6.45) is 5.09. The number of hydrogen-bond acceptors (Lipinski definition) is 5. The van der Waals surface area contributed by atoms with Gasteiger partial charge in [0.05, 0.1) is 25.5 Å². The van der Waals surface area contributed by atoms with Gasteiger partial charge in [-0.15, -0.1) is 0 Å². The van der Waals surface area contributed by atoms with Gasteiger partial charge in [0.15, 0.2) is 11.4 Å². The summed E-state index contributed by atoms with van der Waals surface area (Å²) in [4.78, 5) is 16.7. The molecule has 0 radical (unpaired) electrons. The lowest BCUT2D eigenvalue weighted by atomic mass is 10.0. The van der Waals surface area contributed by atoms with Gasteiger partial charge in [0.2, 0.25) is 0 Å². The second kappa shape index (κ2) is 5.95. The van der Waals surface area contributed by atoms with Crippen molar-refractivity contribution in [2.24, 2.45) is 0 Å². The molecule has 0 saturated heterocycles. The van der Waals surface area contributed by atoms with Gasteiger partial charge in [-0.1, -0.05) is 12.1 Å². The van der Waals surface area contributed by atoms with Gasteiger partial charge in [0.25, 0.3) is 0 Å². The highest BCUT2D eigenvalue weighted by Gasteiger charge is 2.16. The molecule has 0 bridgehead atoms. The molecule has 0 aliphatic rings. The number of carbonyl (C=O) groups is 1. The first-order valence-corrected chi connectivity index (χ1v) is 6.81. The first kappa shape index (κ1) is 14.2. The van der Waals surface area contributed by atoms with Gasteiger partial charge in [0, 0.05) is 24.4 Å². The lowest BCUT2D eigenvalue weighted by Crippen LogP contribution is -2.06. The van der Waals surface area contributed by atoms with E-state index in [4.69, 9.17) is 9.84 Å². The SMILES string of the molecule is COc1cc(CO)ccc1CC(=O)c1cnn2cccnc12. The van der Waals surface area contributed by atoms with Crippen LogP contribution in [0.1, 0.15) is 21.5 Å². The van der Waals surface area contributed by atoms with Crippen LogP contribution in [0.3, 0.4) is 0 Å². The number of methoxy groups -OCH3 is 1. The smallest absolute Gasteiger partial charge is 0.172 e. The van der Waals surface area contributed by atoms with Crippen LogP contribution in [-0.2, 0) is 13.0 Å². The van der Waals surface area contributed by atoms with Crippen LogP contribution in [0.15, 0.2) is 42.9 Å². The minimum atomic E-state index is -0.0799. The Bertz CT molecular complexity index is 826. The number of benzene rings is 1. The molecule has 0 unspecified atom stereocenters. The summed E-state index contributed by atoms with van der Waals surface area (Å²) in [5.74, 6) is 0.507. The number of nitrogens with zero attached hydrogens (tertiary/aromatic N) is 3. The highest BCUT2D eigenvalue weighted by Crippen LogP contribution is 2.22. The third-order valence-electron chi connectivity index (χ3n) is 3.46. The highest BCUT2D eigenvalue weighted by atomic mass is 16.5. The maximum atomic E-state index is 12.5. The van der Waals surface area contributed by atoms with E-state index in [0.29, 0.717) is 17.0 Å². The summed E-state index contributed by atoms with van der Waals surface area (Å²) in [6.45, 7) is -0.0669. The molecule has 0 fully saturated rings. The number of rotatable bonds is 5. The lowest BCUT2D eigenvalue weighted by molar-refractivity contribution is 0.0993. The predicted molar refractivity (Wildman–Crippen MR) is 79.9 cm³/mol. The topological polar surface area (TPSA) is 76.7 Å². The molecule has 112 valence electrons. The molecule has 3 rings (SSSR count). The maximum Gasteiger partial charge on any atom is 0.172 e. The van der Waals surface area contributed by atoms with Gasteiger partial charge >= 0.3 is 0 Å². The molecule has 0 spiro atoms. The number of fused-ring (bicyclic) bond motifs is 1. The van der Waals surface area contributed by atoms with Gasteiger partial charge < -0.3 is 9.84 Å². The average Bonchev–Trinajstić information content (AvgIpc) is 2.99. The van der Waals surface area contributed by atoms with E-state index in [-0.39, 0.29) is 18.8 Å². The van der Waals surface area contributed by atoms with Crippen LogP contribution in [0.5, 0.6) is 5.75 Å². The third kappa shape index (κ3) is 2.56. The van der Waals surface area contributed by atoms with Gasteiger partial charge in [-0.2, -0.15) is 5.10 Å². The van der Waals surface area contributed by atoms with Crippen molar-refractivity contribution in [3.05, 3.63) is 59.5 Å². The van der Waals surface area contributed by atoms with E-state index in [0.717, 1.165) is 11.1 Å². The molecule has 0 amide bonds. The zero-order valence-electron chi connectivity index (χ0n) is 12.1. The number of ketones is 1. The van der Waals surface area contributed by atoms with Crippen molar-refractivity contribution in [2.45, 2.75) is 13.0 Å². The van der Waals surface area contributed by atoms with Crippen LogP contribution in [0.2, 0.25) is 0 Å². The first-order valence-electron chi connectivity index (χ1n) is 6.81. The first-order chi connectivity index (χ1) is 10.7. The lowest BCUT2D eigenvalue weighted by Gasteiger charge is -2.09. The second-order valence-corrected chi connectivity index (χ2v) is 4.85. The van der Waals surface area contributed by atoms with Crippen molar-refractivity contribution in [1.82, 2.24) is 14.6 Å². The average molecular weight is 297 g/mol. The molecular formula is C16H15N3O3. The van der Waals surface area contributed by atoms with E-state index < -0.39 is 0 Å². The van der Waals surface area contributed by atoms with Gasteiger partial charge in [-0.05, 0) is 17.7 Å². The Balaban J connectivity index is 1.91. The summed E-state index contributed by atoms with van der Waals surface area (Å²) in [5.41, 5.74) is 2.53. The third-order valence-corrected chi connectivity index (χ3v) is 3.46. The van der Waals surface area contributed by atoms with E-state index in [9.17, 15) is 4.79 Å². The number of hydrogen-bond donors (Lipinski definition) is 1. The van der Waals surface area contributed by atoms with Crippen molar-refractivity contribution in [1.29, 1.82) is 0 Å². The fraction of sp³-hybridized carbons (Fsp3) is 0.188. The fourth-order valence-electron chi connectivity index (χ4n) is 2.33. The summed E-state index contributed by atoms with van der Waals surface area (Å²) >= 11 is 0. The van der Waals surface area contributed by atoms with Gasteiger partial charge in [0.1, 0.15) is 5.75 Å². The number of aliphatic hydroxyl groups excluding tert-OH is 1. The Morgan fingerprint density at radius 3 is 3.05 bits per heavy atom. The summed E-state index contributed by atoms with van der Waals surface area (Å²) in [6, 6.07) is 7.06. The molecule has 6 nitrogen and oxygen atoms in total. The second-order valence-electron chi connectivity index (χ2n) is 4.85. The number of carbonyl (C=O) groups excluding carboxylic acids is 1. The Morgan fingerprint density at radius 1 is 1.41 bits per heavy atom. The standard InChI is InChI=1S/C16H15N3O3/c1-22-15-7-11(10-20)3-4-12(15)8-14(21)13-9-18-19-6-2-5-17-16(13)19/h2-7,9,20H,8,10H2,1H3. The van der Waals surface area contributed by atoms with Crippen molar-refractivity contribution in [3.63, 3.8) is 0 Å². The van der Waals surface area contributed by atoms with E-state index in [1.165, 1.54) is 6.20 Å². The molecule has 0 atom stereocenters. The van der Waals surface area contributed by atoms with Crippen LogP contribution in [0, 0.1) is 0 Å². The van der Waals surface area contributed by atoms with Crippen LogP contribution in [-0.4, -0.2) is 32.6 Å². The molecular weight excluding hydrogens is 282 g/mol. The van der Waals surface area contributed by atoms with E-state index in [2.05, 4.69) is 10.1 Å². The largest absolute Gasteiger partial charge is 0.496 e.